The molecule has 1 aliphatic heterocycles. The molecule has 0 bridgehead atoms. The molecule has 2 amide bonds. The third-order valence-electron chi connectivity index (χ3n) is 4.74. The van der Waals surface area contributed by atoms with E-state index in [1.165, 1.54) is 5.56 Å². The van der Waals surface area contributed by atoms with Crippen LogP contribution in [0.5, 0.6) is 5.75 Å². The van der Waals surface area contributed by atoms with E-state index in [0.717, 1.165) is 17.9 Å². The molecule has 0 aromatic heterocycles. The summed E-state index contributed by atoms with van der Waals surface area (Å²) in [5.74, 6) is 1.81. The van der Waals surface area contributed by atoms with Crippen LogP contribution in [-0.2, 0) is 15.3 Å². The molecule has 5 nitrogen and oxygen atoms in total. The Hall–Kier alpha value is -2.47. The van der Waals surface area contributed by atoms with Crippen molar-refractivity contribution in [3.8, 4) is 5.75 Å². The Balaban J connectivity index is 1.66. The number of fused-ring (bicyclic) bond motifs is 1. The van der Waals surface area contributed by atoms with Gasteiger partial charge in [0.1, 0.15) is 12.4 Å². The van der Waals surface area contributed by atoms with E-state index in [1.807, 2.05) is 57.2 Å². The topological polar surface area (TPSA) is 58.6 Å². The number of anilines is 2. The second-order valence-electron chi connectivity index (χ2n) is 7.84. The molecule has 0 atom stereocenters. The molecule has 0 radical (unpaired) electrons. The maximum atomic E-state index is 12.9. The SMILES string of the molecule is CCCN1C(=O)C(C)(C)COc2cc(NC(=O)CSCc3ccccc3)ccc21. The van der Waals surface area contributed by atoms with Gasteiger partial charge in [-0.2, -0.15) is 0 Å². The molecule has 2 aromatic carbocycles. The highest BCUT2D eigenvalue weighted by Crippen LogP contribution is 2.38. The Bertz CT molecular complexity index is 868. The van der Waals surface area contributed by atoms with Gasteiger partial charge in [0.05, 0.1) is 16.9 Å². The molecule has 1 heterocycles. The molecule has 3 rings (SSSR count). The standard InChI is InChI=1S/C23H28N2O3S/c1-4-12-25-19-11-10-18(13-20(19)28-16-23(2,3)22(25)27)24-21(26)15-29-14-17-8-6-5-7-9-17/h5-11,13H,4,12,14-16H2,1-3H3,(H,24,26). The van der Waals surface area contributed by atoms with Gasteiger partial charge in [0.25, 0.3) is 0 Å². The number of carbonyl (C=O) groups is 2. The van der Waals surface area contributed by atoms with Crippen molar-refractivity contribution < 1.29 is 14.3 Å². The molecule has 0 unspecified atom stereocenters. The van der Waals surface area contributed by atoms with Crippen LogP contribution in [0.3, 0.4) is 0 Å². The monoisotopic (exact) mass is 412 g/mol. The third-order valence-corrected chi connectivity index (χ3v) is 5.74. The second-order valence-corrected chi connectivity index (χ2v) is 8.82. The predicted molar refractivity (Wildman–Crippen MR) is 120 cm³/mol. The zero-order valence-corrected chi connectivity index (χ0v) is 18.1. The molecule has 0 saturated heterocycles. The number of thioether (sulfide) groups is 1. The molecule has 1 aliphatic rings. The zero-order valence-electron chi connectivity index (χ0n) is 17.2. The molecule has 6 heteroatoms. The first-order valence-electron chi connectivity index (χ1n) is 9.91. The minimum absolute atomic E-state index is 0.0543. The molecule has 0 saturated carbocycles. The highest BCUT2D eigenvalue weighted by Gasteiger charge is 2.37. The van der Waals surface area contributed by atoms with Crippen molar-refractivity contribution in [2.24, 2.45) is 5.41 Å². The van der Waals surface area contributed by atoms with Crippen molar-refractivity contribution in [1.29, 1.82) is 0 Å². The van der Waals surface area contributed by atoms with Gasteiger partial charge < -0.3 is 15.0 Å². The quantitative estimate of drug-likeness (QED) is 0.715. The normalized spacial score (nSPS) is 15.3. The summed E-state index contributed by atoms with van der Waals surface area (Å²) in [5, 5.41) is 2.93. The van der Waals surface area contributed by atoms with Gasteiger partial charge in [0.15, 0.2) is 0 Å². The van der Waals surface area contributed by atoms with Crippen molar-refractivity contribution in [3.05, 3.63) is 54.1 Å². The molecule has 0 fully saturated rings. The van der Waals surface area contributed by atoms with Crippen LogP contribution in [0, 0.1) is 5.41 Å². The average Bonchev–Trinajstić information content (AvgIpc) is 2.79. The lowest BCUT2D eigenvalue weighted by Crippen LogP contribution is -2.42. The smallest absolute Gasteiger partial charge is 0.236 e. The Labute approximate surface area is 176 Å². The van der Waals surface area contributed by atoms with Crippen molar-refractivity contribution in [1.82, 2.24) is 0 Å². The van der Waals surface area contributed by atoms with Gasteiger partial charge in [-0.25, -0.2) is 0 Å². The maximum Gasteiger partial charge on any atom is 0.236 e. The van der Waals surface area contributed by atoms with Gasteiger partial charge in [-0.3, -0.25) is 9.59 Å². The zero-order chi connectivity index (χ0) is 20.9. The van der Waals surface area contributed by atoms with Crippen molar-refractivity contribution in [2.45, 2.75) is 32.9 Å². The van der Waals surface area contributed by atoms with E-state index in [-0.39, 0.29) is 11.8 Å². The number of ether oxygens (including phenoxy) is 1. The van der Waals surface area contributed by atoms with Crippen LogP contribution in [0.15, 0.2) is 48.5 Å². The highest BCUT2D eigenvalue weighted by atomic mass is 32.2. The first-order valence-corrected chi connectivity index (χ1v) is 11.1. The Morgan fingerprint density at radius 2 is 1.97 bits per heavy atom. The van der Waals surface area contributed by atoms with Crippen LogP contribution >= 0.6 is 11.8 Å². The lowest BCUT2D eigenvalue weighted by molar-refractivity contribution is -0.127. The maximum absolute atomic E-state index is 12.9. The van der Waals surface area contributed by atoms with Crippen LogP contribution in [0.4, 0.5) is 11.4 Å². The van der Waals surface area contributed by atoms with E-state index in [9.17, 15) is 9.59 Å². The first-order chi connectivity index (χ1) is 13.9. The third kappa shape index (κ3) is 5.32. The molecular formula is C23H28N2O3S. The largest absolute Gasteiger partial charge is 0.490 e. The van der Waals surface area contributed by atoms with E-state index in [0.29, 0.717) is 30.3 Å². The highest BCUT2D eigenvalue weighted by molar-refractivity contribution is 7.99. The van der Waals surface area contributed by atoms with E-state index >= 15 is 0 Å². The summed E-state index contributed by atoms with van der Waals surface area (Å²) in [5.41, 5.74) is 2.05. The van der Waals surface area contributed by atoms with Gasteiger partial charge in [-0.05, 0) is 38.0 Å². The molecule has 0 spiro atoms. The van der Waals surface area contributed by atoms with Gasteiger partial charge in [0.2, 0.25) is 11.8 Å². The van der Waals surface area contributed by atoms with E-state index in [1.54, 1.807) is 16.7 Å². The minimum Gasteiger partial charge on any atom is -0.490 e. The van der Waals surface area contributed by atoms with E-state index in [2.05, 4.69) is 17.4 Å². The van der Waals surface area contributed by atoms with Gasteiger partial charge in [0, 0.05) is 24.1 Å². The van der Waals surface area contributed by atoms with Crippen LogP contribution in [0.1, 0.15) is 32.8 Å². The summed E-state index contributed by atoms with van der Waals surface area (Å²) in [6, 6.07) is 15.6. The van der Waals surface area contributed by atoms with Crippen LogP contribution in [-0.4, -0.2) is 30.7 Å². The summed E-state index contributed by atoms with van der Waals surface area (Å²) < 4.78 is 5.95. The number of hydrogen-bond acceptors (Lipinski definition) is 4. The minimum atomic E-state index is -0.592. The summed E-state index contributed by atoms with van der Waals surface area (Å²) in [4.78, 5) is 27.0. The Morgan fingerprint density at radius 3 is 2.69 bits per heavy atom. The molecule has 154 valence electrons. The van der Waals surface area contributed by atoms with Crippen LogP contribution < -0.4 is 15.0 Å². The van der Waals surface area contributed by atoms with Gasteiger partial charge in [-0.1, -0.05) is 37.3 Å². The summed E-state index contributed by atoms with van der Waals surface area (Å²) in [6.07, 6.45) is 0.860. The number of rotatable bonds is 7. The summed E-state index contributed by atoms with van der Waals surface area (Å²) in [7, 11) is 0. The van der Waals surface area contributed by atoms with Crippen molar-refractivity contribution in [3.63, 3.8) is 0 Å². The van der Waals surface area contributed by atoms with E-state index < -0.39 is 5.41 Å². The summed E-state index contributed by atoms with van der Waals surface area (Å²) in [6.45, 7) is 6.80. The molecular weight excluding hydrogens is 384 g/mol. The lowest BCUT2D eigenvalue weighted by atomic mass is 9.93. The Kier molecular flexibility index (Phi) is 6.85. The predicted octanol–water partition coefficient (Wildman–Crippen LogP) is 4.72. The number of carbonyl (C=O) groups excluding carboxylic acids is 2. The van der Waals surface area contributed by atoms with Crippen molar-refractivity contribution in [2.75, 3.05) is 29.1 Å². The van der Waals surface area contributed by atoms with Crippen molar-refractivity contribution >= 4 is 35.0 Å². The average molecular weight is 413 g/mol. The van der Waals surface area contributed by atoms with Crippen LogP contribution in [0.25, 0.3) is 0 Å². The number of amides is 2. The lowest BCUT2D eigenvalue weighted by Gasteiger charge is -2.27. The van der Waals surface area contributed by atoms with E-state index in [4.69, 9.17) is 4.74 Å². The fourth-order valence-electron chi connectivity index (χ4n) is 3.20. The number of nitrogens with zero attached hydrogens (tertiary/aromatic N) is 1. The fourth-order valence-corrected chi connectivity index (χ4v) is 3.99. The Morgan fingerprint density at radius 1 is 1.21 bits per heavy atom. The molecule has 0 aliphatic carbocycles. The fraction of sp³-hybridized carbons (Fsp3) is 0.391. The second kappa shape index (κ2) is 9.35. The first kappa shape index (κ1) is 21.2. The van der Waals surface area contributed by atoms with Gasteiger partial charge in [-0.15, -0.1) is 11.8 Å². The molecule has 2 aromatic rings. The number of nitrogens with one attached hydrogen (secondary N) is 1. The molecule has 29 heavy (non-hydrogen) atoms. The number of benzene rings is 2. The van der Waals surface area contributed by atoms with Crippen LogP contribution in [0.2, 0.25) is 0 Å². The summed E-state index contributed by atoms with van der Waals surface area (Å²) >= 11 is 1.58. The molecule has 1 N–H and O–H groups in total. The van der Waals surface area contributed by atoms with Gasteiger partial charge >= 0.3 is 0 Å². The number of hydrogen-bond donors (Lipinski definition) is 1.